The molecule has 0 unspecified atom stereocenters. The van der Waals surface area contributed by atoms with Crippen molar-refractivity contribution in [3.63, 3.8) is 0 Å². The van der Waals surface area contributed by atoms with Gasteiger partial charge in [-0.1, -0.05) is 17.3 Å². The molecule has 0 atom stereocenters. The molecule has 1 aromatic carbocycles. The number of aromatic nitrogens is 2. The Labute approximate surface area is 103 Å². The molecule has 0 saturated carbocycles. The Bertz CT molecular complexity index is 575. The molecule has 5 nitrogen and oxygen atoms in total. The molecule has 18 heavy (non-hydrogen) atoms. The van der Waals surface area contributed by atoms with Gasteiger partial charge >= 0.3 is 5.97 Å². The van der Waals surface area contributed by atoms with Gasteiger partial charge in [-0.2, -0.15) is 0 Å². The Morgan fingerprint density at radius 3 is 2.78 bits per heavy atom. The maximum atomic E-state index is 12.6. The smallest absolute Gasteiger partial charge is 0.328 e. The van der Waals surface area contributed by atoms with Crippen molar-refractivity contribution in [1.82, 2.24) is 9.55 Å². The summed E-state index contributed by atoms with van der Waals surface area (Å²) in [6.07, 6.45) is 4.20. The third kappa shape index (κ3) is 2.79. The van der Waals surface area contributed by atoms with Crippen LogP contribution >= 0.6 is 0 Å². The molecule has 92 valence electrons. The number of rotatable bonds is 3. The van der Waals surface area contributed by atoms with Gasteiger partial charge in [-0.3, -0.25) is 0 Å². The van der Waals surface area contributed by atoms with E-state index in [1.54, 1.807) is 7.05 Å². The Morgan fingerprint density at radius 1 is 1.44 bits per heavy atom. The molecule has 0 aliphatic carbocycles. The number of halogens is 1. The van der Waals surface area contributed by atoms with Crippen LogP contribution in [0.3, 0.4) is 0 Å². The monoisotopic (exact) mass is 247 g/mol. The summed E-state index contributed by atoms with van der Waals surface area (Å²) in [5.74, 6) is -0.938. The summed E-state index contributed by atoms with van der Waals surface area (Å²) in [6.45, 7) is 0. The van der Waals surface area contributed by atoms with E-state index in [0.29, 0.717) is 11.3 Å². The lowest BCUT2D eigenvalue weighted by Crippen LogP contribution is -2.06. The Kier molecular flexibility index (Phi) is 3.47. The van der Waals surface area contributed by atoms with Gasteiger partial charge in [0.05, 0.1) is 18.7 Å². The minimum absolute atomic E-state index is 0.297. The second kappa shape index (κ2) is 5.22. The summed E-state index contributed by atoms with van der Waals surface area (Å²) in [6, 6.07) is 5.64. The molecule has 0 saturated heterocycles. The standard InChI is InChI=1S/C12H10FN3O2/c1-16-8-14-7-11(16)12(17)18-15-6-9-2-4-10(13)5-3-9/h2-8H,1H3. The first-order chi connectivity index (χ1) is 8.66. The molecule has 2 aromatic rings. The number of hydrogen-bond donors (Lipinski definition) is 0. The van der Waals surface area contributed by atoms with Crippen LogP contribution in [0.2, 0.25) is 0 Å². The Morgan fingerprint density at radius 2 is 2.17 bits per heavy atom. The first kappa shape index (κ1) is 12.0. The van der Waals surface area contributed by atoms with Crippen LogP contribution in [0.5, 0.6) is 0 Å². The minimum atomic E-state index is -0.603. The lowest BCUT2D eigenvalue weighted by Gasteiger charge is -1.97. The number of benzene rings is 1. The van der Waals surface area contributed by atoms with Crippen molar-refractivity contribution < 1.29 is 14.0 Å². The first-order valence-electron chi connectivity index (χ1n) is 5.13. The van der Waals surface area contributed by atoms with Gasteiger partial charge in [-0.15, -0.1) is 0 Å². The molecule has 0 bridgehead atoms. The summed E-state index contributed by atoms with van der Waals surface area (Å²) in [5, 5.41) is 3.53. The molecular weight excluding hydrogens is 237 g/mol. The summed E-state index contributed by atoms with van der Waals surface area (Å²) in [5.41, 5.74) is 0.931. The fourth-order valence-corrected chi connectivity index (χ4v) is 1.28. The molecule has 1 heterocycles. The summed E-state index contributed by atoms with van der Waals surface area (Å²) in [7, 11) is 1.67. The minimum Gasteiger partial charge on any atom is -0.328 e. The highest BCUT2D eigenvalue weighted by Crippen LogP contribution is 2.02. The number of aryl methyl sites for hydroxylation is 1. The van der Waals surface area contributed by atoms with Gasteiger partial charge in [0.25, 0.3) is 0 Å². The number of nitrogens with zero attached hydrogens (tertiary/aromatic N) is 3. The summed E-state index contributed by atoms with van der Waals surface area (Å²) < 4.78 is 14.2. The van der Waals surface area contributed by atoms with E-state index in [1.807, 2.05) is 0 Å². The normalized spacial score (nSPS) is 10.8. The Balaban J connectivity index is 1.98. The van der Waals surface area contributed by atoms with E-state index in [-0.39, 0.29) is 5.82 Å². The number of imidazole rings is 1. The average Bonchev–Trinajstić information content (AvgIpc) is 2.78. The van der Waals surface area contributed by atoms with E-state index < -0.39 is 5.97 Å². The lowest BCUT2D eigenvalue weighted by atomic mass is 10.2. The van der Waals surface area contributed by atoms with Gasteiger partial charge in [-0.05, 0) is 17.7 Å². The van der Waals surface area contributed by atoms with Crippen LogP contribution in [-0.2, 0) is 11.9 Å². The van der Waals surface area contributed by atoms with Gasteiger partial charge in [0, 0.05) is 7.05 Å². The molecule has 0 aliphatic heterocycles. The van der Waals surface area contributed by atoms with Gasteiger partial charge in [0.2, 0.25) is 0 Å². The topological polar surface area (TPSA) is 56.5 Å². The highest BCUT2D eigenvalue weighted by molar-refractivity contribution is 5.88. The highest BCUT2D eigenvalue weighted by Gasteiger charge is 2.10. The van der Waals surface area contributed by atoms with Crippen molar-refractivity contribution in [1.29, 1.82) is 0 Å². The fourth-order valence-electron chi connectivity index (χ4n) is 1.28. The van der Waals surface area contributed by atoms with Crippen molar-refractivity contribution in [2.75, 3.05) is 0 Å². The van der Waals surface area contributed by atoms with Gasteiger partial charge in [-0.25, -0.2) is 14.2 Å². The van der Waals surface area contributed by atoms with E-state index in [1.165, 1.54) is 47.6 Å². The summed E-state index contributed by atoms with van der Waals surface area (Å²) in [4.78, 5) is 20.0. The molecule has 0 fully saturated rings. The van der Waals surface area contributed by atoms with Crippen LogP contribution < -0.4 is 0 Å². The van der Waals surface area contributed by atoms with E-state index in [4.69, 9.17) is 0 Å². The highest BCUT2D eigenvalue weighted by atomic mass is 19.1. The number of carbonyl (C=O) groups is 1. The van der Waals surface area contributed by atoms with Crippen molar-refractivity contribution in [3.05, 3.63) is 53.9 Å². The molecular formula is C12H10FN3O2. The van der Waals surface area contributed by atoms with Crippen LogP contribution in [-0.4, -0.2) is 21.7 Å². The molecule has 0 amide bonds. The van der Waals surface area contributed by atoms with Crippen molar-refractivity contribution in [2.45, 2.75) is 0 Å². The zero-order chi connectivity index (χ0) is 13.0. The molecule has 1 aromatic heterocycles. The second-order valence-corrected chi connectivity index (χ2v) is 3.55. The van der Waals surface area contributed by atoms with E-state index >= 15 is 0 Å². The van der Waals surface area contributed by atoms with Crippen molar-refractivity contribution >= 4 is 12.2 Å². The first-order valence-corrected chi connectivity index (χ1v) is 5.13. The van der Waals surface area contributed by atoms with Gasteiger partial charge in [0.1, 0.15) is 11.5 Å². The van der Waals surface area contributed by atoms with Crippen LogP contribution in [0.25, 0.3) is 0 Å². The van der Waals surface area contributed by atoms with Crippen molar-refractivity contribution in [3.8, 4) is 0 Å². The van der Waals surface area contributed by atoms with Gasteiger partial charge < -0.3 is 9.40 Å². The molecule has 0 N–H and O–H groups in total. The number of hydrogen-bond acceptors (Lipinski definition) is 4. The molecule has 0 radical (unpaired) electrons. The maximum absolute atomic E-state index is 12.6. The van der Waals surface area contributed by atoms with Crippen LogP contribution in [0, 0.1) is 5.82 Å². The molecule has 2 rings (SSSR count). The zero-order valence-electron chi connectivity index (χ0n) is 9.58. The molecule has 0 spiro atoms. The number of carbonyl (C=O) groups excluding carboxylic acids is 1. The van der Waals surface area contributed by atoms with Crippen LogP contribution in [0.1, 0.15) is 16.1 Å². The summed E-state index contributed by atoms with van der Waals surface area (Å²) >= 11 is 0. The third-order valence-electron chi connectivity index (χ3n) is 2.23. The van der Waals surface area contributed by atoms with Crippen LogP contribution in [0.15, 0.2) is 41.9 Å². The zero-order valence-corrected chi connectivity index (χ0v) is 9.58. The van der Waals surface area contributed by atoms with E-state index in [2.05, 4.69) is 15.0 Å². The quantitative estimate of drug-likeness (QED) is 0.471. The third-order valence-corrected chi connectivity index (χ3v) is 2.23. The Hall–Kier alpha value is -2.50. The van der Waals surface area contributed by atoms with Crippen LogP contribution in [0.4, 0.5) is 4.39 Å². The predicted molar refractivity (Wildman–Crippen MR) is 62.6 cm³/mol. The van der Waals surface area contributed by atoms with Gasteiger partial charge in [0.15, 0.2) is 0 Å². The SMILES string of the molecule is Cn1cncc1C(=O)ON=Cc1ccc(F)cc1. The fraction of sp³-hybridized carbons (Fsp3) is 0.0833. The average molecular weight is 247 g/mol. The maximum Gasteiger partial charge on any atom is 0.383 e. The second-order valence-electron chi connectivity index (χ2n) is 3.55. The number of oxime groups is 1. The molecule has 0 aliphatic rings. The van der Waals surface area contributed by atoms with E-state index in [0.717, 1.165) is 0 Å². The van der Waals surface area contributed by atoms with E-state index in [9.17, 15) is 9.18 Å². The van der Waals surface area contributed by atoms with Crippen molar-refractivity contribution in [2.24, 2.45) is 12.2 Å². The molecule has 6 heteroatoms. The largest absolute Gasteiger partial charge is 0.383 e. The lowest BCUT2D eigenvalue weighted by molar-refractivity contribution is 0.0508. The predicted octanol–water partition coefficient (Wildman–Crippen LogP) is 1.75.